The topological polar surface area (TPSA) is 306 Å². The molecular formula is C21H27N11O10P2S. The van der Waals surface area contributed by atoms with Crippen LogP contribution in [0, 0.1) is 5.92 Å². The van der Waals surface area contributed by atoms with E-state index in [1.165, 1.54) is 28.1 Å². The Morgan fingerprint density at radius 1 is 0.933 bits per heavy atom. The molecule has 4 aromatic rings. The average molecular weight is 688 g/mol. The molecule has 3 saturated heterocycles. The highest BCUT2D eigenvalue weighted by Crippen LogP contribution is 2.52. The summed E-state index contributed by atoms with van der Waals surface area (Å²) in [7, 11) is -4.69. The van der Waals surface area contributed by atoms with Crippen LogP contribution >= 0.6 is 14.2 Å². The molecule has 0 spiro atoms. The number of ether oxygens (including phenoxy) is 2. The summed E-state index contributed by atoms with van der Waals surface area (Å²) < 4.78 is 39.1. The van der Waals surface area contributed by atoms with E-state index in [1.54, 1.807) is 0 Å². The van der Waals surface area contributed by atoms with Gasteiger partial charge in [-0.3, -0.25) is 23.4 Å². The third kappa shape index (κ3) is 5.45. The van der Waals surface area contributed by atoms with Gasteiger partial charge in [-0.2, -0.15) is 4.98 Å². The SMILES string of the molecule is Nc1nc2c(ncn2[C@@H]2O[C@@H]3COP(=O)(O)N[C@H]4[C@@H](O)[C@H](n5cnc6c(N)ncnc65)O[C@@H]4COP(O)(=S)C[C@H]3[C@H]2O)c(=O)[nH]1. The molecule has 0 amide bonds. The first-order chi connectivity index (χ1) is 21.3. The summed E-state index contributed by atoms with van der Waals surface area (Å²) in [4.78, 5) is 56.9. The predicted octanol–water partition coefficient (Wildman–Crippen LogP) is -2.34. The zero-order valence-electron chi connectivity index (χ0n) is 22.8. The molecule has 10 N–H and O–H groups in total. The van der Waals surface area contributed by atoms with Gasteiger partial charge >= 0.3 is 7.75 Å². The number of H-pyrrole nitrogens is 1. The number of hydrogen-bond donors (Lipinski definition) is 8. The van der Waals surface area contributed by atoms with Gasteiger partial charge in [-0.15, -0.1) is 0 Å². The number of aliphatic hydroxyl groups is 2. The fraction of sp³-hybridized carbons (Fsp3) is 0.524. The van der Waals surface area contributed by atoms with Gasteiger partial charge < -0.3 is 45.5 Å². The summed E-state index contributed by atoms with van der Waals surface area (Å²) in [5.41, 5.74) is 11.4. The van der Waals surface area contributed by atoms with Crippen LogP contribution in [0.3, 0.4) is 0 Å². The number of imidazole rings is 2. The standard InChI is InChI=1S/C21H27N11O10P2S/c22-15-11-16(25-4-24-15)31(5-26-11)20-14(34)10-9(42-20)2-39-43(36,45)3-7-8(1-40-44(37,38)30-10)41-19(13(7)33)32-6-27-12-17(32)28-21(23)29-18(12)35/h4-10,13-14,19-20,33-34H,1-3H2,(H,36,45)(H2,22,24,25)(H2,30,37,38)(H3,23,28,29,35)/t7-,8-,9-,10-,13-,14-,19-,20-,43?/m1/s1. The van der Waals surface area contributed by atoms with E-state index >= 15 is 0 Å². The number of nitrogens with one attached hydrogen (secondary N) is 2. The molecule has 21 nitrogen and oxygen atoms in total. The molecule has 4 aromatic heterocycles. The van der Waals surface area contributed by atoms with Gasteiger partial charge in [-0.25, -0.2) is 29.6 Å². The van der Waals surface area contributed by atoms with Gasteiger partial charge in [-0.05, 0) is 11.8 Å². The highest BCUT2D eigenvalue weighted by atomic mass is 32.5. The van der Waals surface area contributed by atoms with Crippen LogP contribution in [-0.2, 0) is 34.9 Å². The first kappa shape index (κ1) is 30.7. The molecule has 0 radical (unpaired) electrons. The lowest BCUT2D eigenvalue weighted by molar-refractivity contribution is -0.0479. The second-order valence-corrected chi connectivity index (χ2v) is 15.9. The molecule has 7 rings (SSSR count). The molecule has 2 unspecified atom stereocenters. The van der Waals surface area contributed by atoms with Crippen LogP contribution in [0.5, 0.6) is 0 Å². The van der Waals surface area contributed by atoms with E-state index in [1.807, 2.05) is 0 Å². The van der Waals surface area contributed by atoms with Crippen molar-refractivity contribution in [1.29, 1.82) is 0 Å². The van der Waals surface area contributed by atoms with E-state index in [9.17, 15) is 29.4 Å². The predicted molar refractivity (Wildman–Crippen MR) is 156 cm³/mol. The quantitative estimate of drug-likeness (QED) is 0.102. The summed E-state index contributed by atoms with van der Waals surface area (Å²) in [6.45, 7) is -4.67. The molecule has 45 heavy (non-hydrogen) atoms. The number of rotatable bonds is 2. The minimum absolute atomic E-state index is 0.0149. The van der Waals surface area contributed by atoms with Gasteiger partial charge in [0.1, 0.15) is 30.2 Å². The smallest absolute Gasteiger partial charge is 0.388 e. The van der Waals surface area contributed by atoms with Crippen molar-refractivity contribution < 1.29 is 43.1 Å². The number of hydrogen-bond acceptors (Lipinski definition) is 16. The van der Waals surface area contributed by atoms with Gasteiger partial charge in [0.05, 0.1) is 38.0 Å². The maximum absolute atomic E-state index is 13.3. The lowest BCUT2D eigenvalue weighted by atomic mass is 10.0. The van der Waals surface area contributed by atoms with Crippen LogP contribution in [-0.4, -0.2) is 109 Å². The highest BCUT2D eigenvalue weighted by Gasteiger charge is 2.51. The molecule has 3 aliphatic rings. The number of nitrogens with zero attached hydrogens (tertiary/aromatic N) is 7. The van der Waals surface area contributed by atoms with E-state index < -0.39 is 81.8 Å². The van der Waals surface area contributed by atoms with Crippen LogP contribution in [0.15, 0.2) is 23.8 Å². The summed E-state index contributed by atoms with van der Waals surface area (Å²) in [5.74, 6) is -1.07. The Kier molecular flexibility index (Phi) is 7.55. The minimum atomic E-state index is -4.69. The molecule has 3 aliphatic heterocycles. The molecule has 242 valence electrons. The van der Waals surface area contributed by atoms with Gasteiger partial charge in [0.25, 0.3) is 5.56 Å². The van der Waals surface area contributed by atoms with Crippen LogP contribution in [0.4, 0.5) is 11.8 Å². The Balaban J connectivity index is 1.17. The third-order valence-electron chi connectivity index (χ3n) is 7.89. The number of anilines is 2. The van der Waals surface area contributed by atoms with E-state index in [0.717, 1.165) is 0 Å². The first-order valence-corrected chi connectivity index (χ1v) is 17.8. The summed E-state index contributed by atoms with van der Waals surface area (Å²) in [6, 6.07) is -1.26. The second-order valence-electron chi connectivity index (χ2n) is 10.7. The van der Waals surface area contributed by atoms with Gasteiger partial charge in [0.2, 0.25) is 5.95 Å². The molecule has 3 fully saturated rings. The van der Waals surface area contributed by atoms with Gasteiger partial charge in [0, 0.05) is 12.1 Å². The number of aromatic nitrogens is 8. The van der Waals surface area contributed by atoms with Crippen molar-refractivity contribution >= 4 is 60.1 Å². The fourth-order valence-electron chi connectivity index (χ4n) is 5.78. The largest absolute Gasteiger partial charge is 0.403 e. The average Bonchev–Trinajstić information content (AvgIpc) is 3.72. The highest BCUT2D eigenvalue weighted by molar-refractivity contribution is 8.09. The van der Waals surface area contributed by atoms with E-state index in [2.05, 4.69) is 35.0 Å². The van der Waals surface area contributed by atoms with Crippen molar-refractivity contribution in [3.63, 3.8) is 0 Å². The number of fused-ring (bicyclic) bond motifs is 4. The maximum atomic E-state index is 13.3. The summed E-state index contributed by atoms with van der Waals surface area (Å²) in [6.07, 6.45) is -4.04. The van der Waals surface area contributed by atoms with Crippen molar-refractivity contribution in [3.8, 4) is 0 Å². The molecule has 0 aromatic carbocycles. The Morgan fingerprint density at radius 3 is 2.38 bits per heavy atom. The van der Waals surface area contributed by atoms with Crippen molar-refractivity contribution in [1.82, 2.24) is 44.1 Å². The first-order valence-electron chi connectivity index (χ1n) is 13.4. The van der Waals surface area contributed by atoms with E-state index in [-0.39, 0.29) is 40.3 Å². The molecule has 0 aliphatic carbocycles. The molecular weight excluding hydrogens is 660 g/mol. The van der Waals surface area contributed by atoms with Crippen LogP contribution in [0.1, 0.15) is 12.5 Å². The van der Waals surface area contributed by atoms with Crippen molar-refractivity contribution in [2.75, 3.05) is 30.8 Å². The Labute approximate surface area is 256 Å². The summed E-state index contributed by atoms with van der Waals surface area (Å²) >= 11 is 5.43. The fourth-order valence-corrected chi connectivity index (χ4v) is 9.07. The summed E-state index contributed by atoms with van der Waals surface area (Å²) in [5, 5.41) is 25.0. The van der Waals surface area contributed by atoms with Crippen molar-refractivity contribution in [3.05, 3.63) is 29.3 Å². The zero-order chi connectivity index (χ0) is 31.8. The minimum Gasteiger partial charge on any atom is -0.388 e. The third-order valence-corrected chi connectivity index (χ3v) is 11.2. The van der Waals surface area contributed by atoms with Crippen molar-refractivity contribution in [2.24, 2.45) is 5.92 Å². The number of nitrogen functional groups attached to an aromatic ring is 2. The van der Waals surface area contributed by atoms with Gasteiger partial charge in [0.15, 0.2) is 41.6 Å². The lowest BCUT2D eigenvalue weighted by Gasteiger charge is -2.29. The molecule has 10 atom stereocenters. The number of aliphatic hydroxyl groups excluding tert-OH is 2. The van der Waals surface area contributed by atoms with E-state index in [0.29, 0.717) is 0 Å². The monoisotopic (exact) mass is 687 g/mol. The number of aromatic amines is 1. The molecule has 0 bridgehead atoms. The zero-order valence-corrected chi connectivity index (χ0v) is 25.4. The Morgan fingerprint density at radius 2 is 1.60 bits per heavy atom. The molecule has 24 heteroatoms. The van der Waals surface area contributed by atoms with Crippen LogP contribution in [0.25, 0.3) is 22.3 Å². The molecule has 0 saturated carbocycles. The van der Waals surface area contributed by atoms with Gasteiger partial charge in [-0.1, -0.05) is 0 Å². The van der Waals surface area contributed by atoms with Crippen LogP contribution < -0.4 is 22.1 Å². The Hall–Kier alpha value is -2.98. The maximum Gasteiger partial charge on any atom is 0.403 e. The Bertz CT molecular complexity index is 1940. The number of nitrogens with two attached hydrogens (primary N) is 2. The normalized spacial score (nSPS) is 37.7. The van der Waals surface area contributed by atoms with Crippen LogP contribution in [0.2, 0.25) is 0 Å². The lowest BCUT2D eigenvalue weighted by Crippen LogP contribution is -2.45. The molecule has 7 heterocycles. The van der Waals surface area contributed by atoms with E-state index in [4.69, 9.17) is 41.8 Å². The van der Waals surface area contributed by atoms with Crippen molar-refractivity contribution in [2.45, 2.75) is 42.9 Å². The second kappa shape index (κ2) is 11.1.